The summed E-state index contributed by atoms with van der Waals surface area (Å²) in [4.78, 5) is 25.5. The molecule has 0 unspecified atom stereocenters. The lowest BCUT2D eigenvalue weighted by atomic mass is 10.2. The number of nitrogens with zero attached hydrogens (tertiary/aromatic N) is 2. The lowest BCUT2D eigenvalue weighted by Gasteiger charge is -2.14. The molecule has 0 spiro atoms. The second-order valence-corrected chi connectivity index (χ2v) is 3.72. The number of aromatic nitrogens is 1. The Kier molecular flexibility index (Phi) is 5.61. The molecule has 1 aromatic heterocycles. The van der Waals surface area contributed by atoms with Crippen LogP contribution in [0.25, 0.3) is 0 Å². The summed E-state index contributed by atoms with van der Waals surface area (Å²) in [5.74, 6) is -0.657. The van der Waals surface area contributed by atoms with Crippen molar-refractivity contribution < 1.29 is 19.2 Å². The molecule has 0 saturated heterocycles. The first-order valence-electron chi connectivity index (χ1n) is 5.14. The fraction of sp³-hybridized carbons (Fsp3) is 0.400. The standard InChI is InChI=1S/C10H12ClN3O5/c1-18-7(19-2)5-13-10(15)6-3-4-12-9(11)8(6)14(16)17/h3-4,7H,5H2,1-2H3,(H,13,15). The number of hydrogen-bond donors (Lipinski definition) is 1. The van der Waals surface area contributed by atoms with Gasteiger partial charge in [-0.05, 0) is 6.07 Å². The van der Waals surface area contributed by atoms with E-state index in [0.717, 1.165) is 0 Å². The number of ether oxygens (including phenoxy) is 2. The van der Waals surface area contributed by atoms with Gasteiger partial charge in [0.05, 0.1) is 11.5 Å². The van der Waals surface area contributed by atoms with E-state index in [0.29, 0.717) is 0 Å². The molecule has 8 nitrogen and oxygen atoms in total. The van der Waals surface area contributed by atoms with Gasteiger partial charge in [0.2, 0.25) is 5.15 Å². The number of carbonyl (C=O) groups excluding carboxylic acids is 1. The minimum Gasteiger partial charge on any atom is -0.354 e. The molecule has 0 radical (unpaired) electrons. The van der Waals surface area contributed by atoms with Gasteiger partial charge in [0.15, 0.2) is 6.29 Å². The van der Waals surface area contributed by atoms with Crippen molar-refractivity contribution in [3.8, 4) is 0 Å². The van der Waals surface area contributed by atoms with E-state index in [2.05, 4.69) is 10.3 Å². The van der Waals surface area contributed by atoms with Crippen LogP contribution in [-0.2, 0) is 9.47 Å². The fourth-order valence-corrected chi connectivity index (χ4v) is 1.55. The lowest BCUT2D eigenvalue weighted by Crippen LogP contribution is -2.34. The zero-order valence-corrected chi connectivity index (χ0v) is 11.0. The highest BCUT2D eigenvalue weighted by Crippen LogP contribution is 2.25. The van der Waals surface area contributed by atoms with E-state index in [1.54, 1.807) is 0 Å². The molecular weight excluding hydrogens is 278 g/mol. The number of rotatable bonds is 6. The van der Waals surface area contributed by atoms with Crippen LogP contribution in [0, 0.1) is 10.1 Å². The van der Waals surface area contributed by atoms with E-state index in [-0.39, 0.29) is 17.3 Å². The smallest absolute Gasteiger partial charge is 0.319 e. The van der Waals surface area contributed by atoms with Crippen LogP contribution in [0.3, 0.4) is 0 Å². The van der Waals surface area contributed by atoms with Crippen molar-refractivity contribution in [3.05, 3.63) is 33.1 Å². The molecule has 0 saturated carbocycles. The van der Waals surface area contributed by atoms with Crippen molar-refractivity contribution in [2.24, 2.45) is 0 Å². The minimum atomic E-state index is -0.756. The zero-order chi connectivity index (χ0) is 14.4. The summed E-state index contributed by atoms with van der Waals surface area (Å²) in [6.45, 7) is 0.0446. The van der Waals surface area contributed by atoms with Gasteiger partial charge in [0.25, 0.3) is 5.91 Å². The maximum Gasteiger partial charge on any atom is 0.319 e. The van der Waals surface area contributed by atoms with Crippen LogP contribution in [0.15, 0.2) is 12.3 Å². The summed E-state index contributed by atoms with van der Waals surface area (Å²) in [7, 11) is 2.82. The van der Waals surface area contributed by atoms with Crippen LogP contribution in [0.5, 0.6) is 0 Å². The fourth-order valence-electron chi connectivity index (χ4n) is 1.32. The highest BCUT2D eigenvalue weighted by molar-refractivity contribution is 6.32. The normalized spacial score (nSPS) is 10.5. The summed E-state index contributed by atoms with van der Waals surface area (Å²) in [6.07, 6.45) is 0.578. The van der Waals surface area contributed by atoms with Crippen LogP contribution in [-0.4, -0.2) is 42.9 Å². The number of methoxy groups -OCH3 is 2. The third-order valence-corrected chi connectivity index (χ3v) is 2.54. The maximum atomic E-state index is 11.8. The molecule has 104 valence electrons. The minimum absolute atomic E-state index is 0.0446. The number of hydrogen-bond acceptors (Lipinski definition) is 6. The van der Waals surface area contributed by atoms with Crippen LogP contribution in [0.2, 0.25) is 5.15 Å². The Bertz CT molecular complexity index is 478. The molecular formula is C10H12ClN3O5. The Hall–Kier alpha value is -1.77. The SMILES string of the molecule is COC(CNC(=O)c1ccnc(Cl)c1[N+](=O)[O-])OC. The molecule has 0 aromatic carbocycles. The van der Waals surface area contributed by atoms with E-state index < -0.39 is 22.8 Å². The van der Waals surface area contributed by atoms with Gasteiger partial charge in [0.1, 0.15) is 5.56 Å². The van der Waals surface area contributed by atoms with Gasteiger partial charge in [-0.2, -0.15) is 0 Å². The third kappa shape index (κ3) is 3.85. The van der Waals surface area contributed by atoms with E-state index in [1.807, 2.05) is 0 Å². The molecule has 0 aliphatic heterocycles. The van der Waals surface area contributed by atoms with E-state index >= 15 is 0 Å². The molecule has 9 heteroatoms. The number of nitrogens with one attached hydrogen (secondary N) is 1. The summed E-state index contributed by atoms with van der Waals surface area (Å²) >= 11 is 5.60. The van der Waals surface area contributed by atoms with Gasteiger partial charge in [-0.3, -0.25) is 14.9 Å². The van der Waals surface area contributed by atoms with Crippen LogP contribution in [0.1, 0.15) is 10.4 Å². The summed E-state index contributed by atoms with van der Waals surface area (Å²) in [5.41, 5.74) is -0.705. The van der Waals surface area contributed by atoms with Gasteiger partial charge in [-0.25, -0.2) is 4.98 Å². The Morgan fingerprint density at radius 1 is 1.58 bits per heavy atom. The lowest BCUT2D eigenvalue weighted by molar-refractivity contribution is -0.385. The monoisotopic (exact) mass is 289 g/mol. The van der Waals surface area contributed by atoms with E-state index in [1.165, 1.54) is 26.5 Å². The number of amides is 1. The van der Waals surface area contributed by atoms with Gasteiger partial charge < -0.3 is 14.8 Å². The quantitative estimate of drug-likeness (QED) is 0.362. The first kappa shape index (κ1) is 15.3. The van der Waals surface area contributed by atoms with E-state index in [4.69, 9.17) is 21.1 Å². The average molecular weight is 290 g/mol. The predicted octanol–water partition coefficient (Wildman–Crippen LogP) is 0.992. The predicted molar refractivity (Wildman–Crippen MR) is 66.0 cm³/mol. The highest BCUT2D eigenvalue weighted by Gasteiger charge is 2.25. The Labute approximate surface area is 113 Å². The molecule has 1 amide bonds. The topological polar surface area (TPSA) is 104 Å². The number of pyridine rings is 1. The van der Waals surface area contributed by atoms with Crippen molar-refractivity contribution >= 4 is 23.2 Å². The Morgan fingerprint density at radius 2 is 2.21 bits per heavy atom. The third-order valence-electron chi connectivity index (χ3n) is 2.26. The number of halogens is 1. The molecule has 19 heavy (non-hydrogen) atoms. The summed E-state index contributed by atoms with van der Waals surface area (Å²) in [5, 5.41) is 13.0. The molecule has 0 fully saturated rings. The second-order valence-electron chi connectivity index (χ2n) is 3.37. The molecule has 1 heterocycles. The van der Waals surface area contributed by atoms with Crippen molar-refractivity contribution in [1.29, 1.82) is 0 Å². The molecule has 1 aromatic rings. The average Bonchev–Trinajstić information content (AvgIpc) is 2.38. The maximum absolute atomic E-state index is 11.8. The molecule has 1 N–H and O–H groups in total. The molecule has 0 bridgehead atoms. The first-order valence-corrected chi connectivity index (χ1v) is 5.51. The molecule has 1 rings (SSSR count). The summed E-state index contributed by atoms with van der Waals surface area (Å²) < 4.78 is 9.76. The number of carbonyl (C=O) groups is 1. The van der Waals surface area contributed by atoms with Crippen LogP contribution >= 0.6 is 11.6 Å². The van der Waals surface area contributed by atoms with Gasteiger partial charge >= 0.3 is 5.69 Å². The zero-order valence-electron chi connectivity index (χ0n) is 10.3. The Balaban J connectivity index is 2.88. The largest absolute Gasteiger partial charge is 0.354 e. The molecule has 0 aliphatic rings. The van der Waals surface area contributed by atoms with Crippen molar-refractivity contribution in [3.63, 3.8) is 0 Å². The van der Waals surface area contributed by atoms with Crippen LogP contribution < -0.4 is 5.32 Å². The molecule has 0 aliphatic carbocycles. The van der Waals surface area contributed by atoms with Gasteiger partial charge in [-0.1, -0.05) is 11.6 Å². The Morgan fingerprint density at radius 3 is 2.74 bits per heavy atom. The van der Waals surface area contributed by atoms with Crippen molar-refractivity contribution in [1.82, 2.24) is 10.3 Å². The van der Waals surface area contributed by atoms with Crippen LogP contribution in [0.4, 0.5) is 5.69 Å². The van der Waals surface area contributed by atoms with Crippen molar-refractivity contribution in [2.45, 2.75) is 6.29 Å². The van der Waals surface area contributed by atoms with Gasteiger partial charge in [0, 0.05) is 20.4 Å². The van der Waals surface area contributed by atoms with Crippen molar-refractivity contribution in [2.75, 3.05) is 20.8 Å². The molecule has 0 atom stereocenters. The second kappa shape index (κ2) is 6.98. The number of nitro groups is 1. The van der Waals surface area contributed by atoms with E-state index in [9.17, 15) is 14.9 Å². The van der Waals surface area contributed by atoms with Gasteiger partial charge in [-0.15, -0.1) is 0 Å². The first-order chi connectivity index (χ1) is 9.01. The highest BCUT2D eigenvalue weighted by atomic mass is 35.5. The summed E-state index contributed by atoms with van der Waals surface area (Å²) in [6, 6.07) is 1.22.